The number of nitrogens with zero attached hydrogens (tertiary/aromatic N) is 1. The van der Waals surface area contributed by atoms with Crippen molar-refractivity contribution in [1.29, 1.82) is 0 Å². The Morgan fingerprint density at radius 1 is 1.21 bits per heavy atom. The highest BCUT2D eigenvalue weighted by molar-refractivity contribution is 7.18. The number of thiazole rings is 1. The van der Waals surface area contributed by atoms with Crippen molar-refractivity contribution in [2.45, 2.75) is 19.5 Å². The van der Waals surface area contributed by atoms with Crippen molar-refractivity contribution < 1.29 is 9.53 Å². The Balaban J connectivity index is 1.59. The number of ether oxygens (including phenoxy) is 1. The van der Waals surface area contributed by atoms with Crippen molar-refractivity contribution in [3.05, 3.63) is 59.1 Å². The molecule has 0 aliphatic carbocycles. The Hall–Kier alpha value is -2.44. The molecule has 6 heteroatoms. The van der Waals surface area contributed by atoms with E-state index in [1.54, 1.807) is 11.3 Å². The van der Waals surface area contributed by atoms with Gasteiger partial charge in [-0.2, -0.15) is 0 Å². The molecule has 24 heavy (non-hydrogen) atoms. The predicted octanol–water partition coefficient (Wildman–Crippen LogP) is 4.33. The van der Waals surface area contributed by atoms with Crippen molar-refractivity contribution in [2.75, 3.05) is 12.4 Å². The number of carbonyl (C=O) groups excluding carboxylic acids is 1. The number of amides is 1. The Labute approximate surface area is 144 Å². The number of aromatic nitrogens is 1. The third-order valence-corrected chi connectivity index (χ3v) is 4.90. The maximum absolute atomic E-state index is 11.2. The molecule has 0 saturated heterocycles. The minimum atomic E-state index is -0.467. The third kappa shape index (κ3) is 3.90. The lowest BCUT2D eigenvalue weighted by Gasteiger charge is -2.11. The first-order valence-corrected chi connectivity index (χ1v) is 8.50. The number of anilines is 1. The predicted molar refractivity (Wildman–Crippen MR) is 97.3 cm³/mol. The highest BCUT2D eigenvalue weighted by Gasteiger charge is 2.11. The van der Waals surface area contributed by atoms with Crippen LogP contribution in [-0.4, -0.2) is 18.2 Å². The van der Waals surface area contributed by atoms with Gasteiger partial charge in [-0.05, 0) is 36.8 Å². The minimum Gasteiger partial charge on any atom is -0.453 e. The Morgan fingerprint density at radius 2 is 1.96 bits per heavy atom. The highest BCUT2D eigenvalue weighted by atomic mass is 32.1. The summed E-state index contributed by atoms with van der Waals surface area (Å²) >= 11 is 1.72. The summed E-state index contributed by atoms with van der Waals surface area (Å²) in [4.78, 5) is 15.8. The maximum Gasteiger partial charge on any atom is 0.411 e. The third-order valence-electron chi connectivity index (χ3n) is 3.68. The molecular weight excluding hydrogens is 322 g/mol. The summed E-state index contributed by atoms with van der Waals surface area (Å²) in [5.41, 5.74) is 2.90. The zero-order valence-electron chi connectivity index (χ0n) is 13.6. The van der Waals surface area contributed by atoms with Gasteiger partial charge < -0.3 is 10.1 Å². The molecule has 3 aromatic rings. The zero-order chi connectivity index (χ0) is 16.9. The summed E-state index contributed by atoms with van der Waals surface area (Å²) in [6.07, 6.45) is -0.467. The quantitative estimate of drug-likeness (QED) is 0.725. The number of hydrogen-bond acceptors (Lipinski definition) is 5. The summed E-state index contributed by atoms with van der Waals surface area (Å²) in [5, 5.41) is 7.20. The summed E-state index contributed by atoms with van der Waals surface area (Å²) in [6, 6.07) is 16.0. The lowest BCUT2D eigenvalue weighted by molar-refractivity contribution is 0.187. The highest BCUT2D eigenvalue weighted by Crippen LogP contribution is 2.26. The number of fused-ring (bicyclic) bond motifs is 1. The van der Waals surface area contributed by atoms with E-state index in [9.17, 15) is 4.79 Å². The van der Waals surface area contributed by atoms with Gasteiger partial charge in [-0.3, -0.25) is 5.32 Å². The second kappa shape index (κ2) is 7.42. The van der Waals surface area contributed by atoms with E-state index >= 15 is 0 Å². The molecule has 2 N–H and O–H groups in total. The lowest BCUT2D eigenvalue weighted by Crippen LogP contribution is -2.18. The molecule has 5 nitrogen and oxygen atoms in total. The van der Waals surface area contributed by atoms with Gasteiger partial charge in [0.1, 0.15) is 5.01 Å². The number of para-hydroxylation sites is 1. The fourth-order valence-corrected chi connectivity index (χ4v) is 3.30. The van der Waals surface area contributed by atoms with Crippen LogP contribution in [0, 0.1) is 0 Å². The fraction of sp³-hybridized carbons (Fsp3) is 0.222. The molecule has 1 heterocycles. The summed E-state index contributed by atoms with van der Waals surface area (Å²) in [6.45, 7) is 2.85. The van der Waals surface area contributed by atoms with Crippen LogP contribution in [-0.2, 0) is 11.3 Å². The Kier molecular flexibility index (Phi) is 5.08. The topological polar surface area (TPSA) is 63.2 Å². The van der Waals surface area contributed by atoms with E-state index in [0.717, 1.165) is 22.6 Å². The largest absolute Gasteiger partial charge is 0.453 e. The molecule has 3 rings (SSSR count). The average Bonchev–Trinajstić information content (AvgIpc) is 3.05. The van der Waals surface area contributed by atoms with Crippen molar-refractivity contribution in [2.24, 2.45) is 0 Å². The first-order valence-electron chi connectivity index (χ1n) is 7.68. The fourth-order valence-electron chi connectivity index (χ4n) is 2.31. The smallest absolute Gasteiger partial charge is 0.411 e. The van der Waals surface area contributed by atoms with E-state index in [4.69, 9.17) is 0 Å². The number of benzene rings is 2. The summed E-state index contributed by atoms with van der Waals surface area (Å²) in [7, 11) is 1.34. The number of nitrogens with one attached hydrogen (secondary N) is 2. The van der Waals surface area contributed by atoms with Crippen LogP contribution in [0.5, 0.6) is 0 Å². The van der Waals surface area contributed by atoms with Crippen LogP contribution in [0.25, 0.3) is 10.2 Å². The minimum absolute atomic E-state index is 0.176. The molecule has 0 fully saturated rings. The first-order chi connectivity index (χ1) is 11.7. The van der Waals surface area contributed by atoms with Crippen molar-refractivity contribution in [3.8, 4) is 0 Å². The van der Waals surface area contributed by atoms with E-state index in [1.165, 1.54) is 11.8 Å². The molecule has 0 spiro atoms. The molecule has 0 aliphatic rings. The Morgan fingerprint density at radius 3 is 2.67 bits per heavy atom. The van der Waals surface area contributed by atoms with Crippen LogP contribution in [0.2, 0.25) is 0 Å². The monoisotopic (exact) mass is 341 g/mol. The molecule has 2 aromatic carbocycles. The molecule has 1 amide bonds. The summed E-state index contributed by atoms with van der Waals surface area (Å²) in [5.74, 6) is 0. The van der Waals surface area contributed by atoms with Gasteiger partial charge in [0.15, 0.2) is 0 Å². The van der Waals surface area contributed by atoms with E-state index in [0.29, 0.717) is 5.69 Å². The molecule has 0 unspecified atom stereocenters. The molecule has 0 saturated carbocycles. The Bertz CT molecular complexity index is 797. The normalized spacial score (nSPS) is 12.1. The van der Waals surface area contributed by atoms with Gasteiger partial charge in [0, 0.05) is 12.2 Å². The molecule has 1 aromatic heterocycles. The van der Waals surface area contributed by atoms with Crippen LogP contribution in [0.15, 0.2) is 48.5 Å². The van der Waals surface area contributed by atoms with Crippen LogP contribution < -0.4 is 10.6 Å². The first kappa shape index (κ1) is 16.4. The van der Waals surface area contributed by atoms with Gasteiger partial charge in [0.25, 0.3) is 0 Å². The van der Waals surface area contributed by atoms with Crippen LogP contribution >= 0.6 is 11.3 Å². The second-order valence-electron chi connectivity index (χ2n) is 5.44. The summed E-state index contributed by atoms with van der Waals surface area (Å²) < 4.78 is 5.78. The van der Waals surface area contributed by atoms with Gasteiger partial charge in [-0.25, -0.2) is 9.78 Å². The molecule has 0 bridgehead atoms. The SMILES string of the molecule is COC(=O)Nc1ccc(CN[C@H](C)c2nc3ccccc3s2)cc1. The van der Waals surface area contributed by atoms with Gasteiger partial charge in [-0.15, -0.1) is 11.3 Å². The van der Waals surface area contributed by atoms with E-state index < -0.39 is 6.09 Å². The maximum atomic E-state index is 11.2. The van der Waals surface area contributed by atoms with Crippen molar-refractivity contribution in [1.82, 2.24) is 10.3 Å². The zero-order valence-corrected chi connectivity index (χ0v) is 14.4. The van der Waals surface area contributed by atoms with Crippen LogP contribution in [0.3, 0.4) is 0 Å². The van der Waals surface area contributed by atoms with Crippen molar-refractivity contribution in [3.63, 3.8) is 0 Å². The van der Waals surface area contributed by atoms with Gasteiger partial charge in [0.2, 0.25) is 0 Å². The average molecular weight is 341 g/mol. The number of carbonyl (C=O) groups is 1. The molecule has 124 valence electrons. The van der Waals surface area contributed by atoms with E-state index in [-0.39, 0.29) is 6.04 Å². The molecule has 0 radical (unpaired) electrons. The van der Waals surface area contributed by atoms with E-state index in [2.05, 4.69) is 33.3 Å². The van der Waals surface area contributed by atoms with Crippen LogP contribution in [0.1, 0.15) is 23.5 Å². The number of rotatable bonds is 5. The number of hydrogen-bond donors (Lipinski definition) is 2. The van der Waals surface area contributed by atoms with Gasteiger partial charge in [0.05, 0.1) is 23.4 Å². The van der Waals surface area contributed by atoms with E-state index in [1.807, 2.05) is 42.5 Å². The molecule has 1 atom stereocenters. The lowest BCUT2D eigenvalue weighted by atomic mass is 10.2. The van der Waals surface area contributed by atoms with Crippen molar-refractivity contribution >= 4 is 33.3 Å². The number of methoxy groups -OCH3 is 1. The van der Waals surface area contributed by atoms with Gasteiger partial charge in [-0.1, -0.05) is 24.3 Å². The van der Waals surface area contributed by atoms with Gasteiger partial charge >= 0.3 is 6.09 Å². The molecule has 0 aliphatic heterocycles. The standard InChI is InChI=1S/C18H19N3O2S/c1-12(17-21-15-5-3-4-6-16(15)24-17)19-11-13-7-9-14(10-8-13)20-18(22)23-2/h3-10,12,19H,11H2,1-2H3,(H,20,22)/t12-/m1/s1. The molecular formula is C18H19N3O2S. The van der Waals surface area contributed by atoms with Crippen LogP contribution in [0.4, 0.5) is 10.5 Å². The second-order valence-corrected chi connectivity index (χ2v) is 6.50.